The minimum Gasteiger partial charge on any atom is -0.339 e. The number of anilines is 4. The summed E-state index contributed by atoms with van der Waals surface area (Å²) in [6.07, 6.45) is 1.62. The van der Waals surface area contributed by atoms with Gasteiger partial charge in [-0.15, -0.1) is 0 Å². The van der Waals surface area contributed by atoms with Gasteiger partial charge < -0.3 is 10.6 Å². The van der Waals surface area contributed by atoms with E-state index in [1.807, 2.05) is 6.07 Å². The van der Waals surface area contributed by atoms with Crippen molar-refractivity contribution in [3.05, 3.63) is 70.3 Å². The maximum atomic E-state index is 11.5. The molecule has 2 N–H and O–H groups in total. The highest BCUT2D eigenvalue weighted by Crippen LogP contribution is 2.28. The van der Waals surface area contributed by atoms with Gasteiger partial charge in [-0.2, -0.15) is 4.98 Å². The van der Waals surface area contributed by atoms with Crippen LogP contribution >= 0.6 is 23.2 Å². The Hall–Kier alpha value is -2.63. The summed E-state index contributed by atoms with van der Waals surface area (Å²) >= 11 is 12.1. The standard InChI is InChI=1S/C18H14Cl2N4O/c1-11(25)12-3-2-4-14(9-12)22-18-21-8-7-17(24-18)23-16-6-5-13(19)10-15(16)20/h2-10H,1H3,(H2,21,22,23,24). The molecule has 126 valence electrons. The van der Waals surface area contributed by atoms with E-state index in [4.69, 9.17) is 23.2 Å². The second-order valence-electron chi connectivity index (χ2n) is 5.28. The number of carbonyl (C=O) groups excluding carboxylic acids is 1. The molecule has 0 bridgehead atoms. The maximum Gasteiger partial charge on any atom is 0.229 e. The summed E-state index contributed by atoms with van der Waals surface area (Å²) in [5.41, 5.74) is 2.04. The lowest BCUT2D eigenvalue weighted by Gasteiger charge is -2.10. The van der Waals surface area contributed by atoms with Crippen LogP contribution in [-0.4, -0.2) is 15.8 Å². The average molecular weight is 373 g/mol. The summed E-state index contributed by atoms with van der Waals surface area (Å²) in [6, 6.07) is 14.0. The summed E-state index contributed by atoms with van der Waals surface area (Å²) in [7, 11) is 0. The van der Waals surface area contributed by atoms with Crippen molar-refractivity contribution in [3.8, 4) is 0 Å². The molecule has 5 nitrogen and oxygen atoms in total. The van der Waals surface area contributed by atoms with E-state index >= 15 is 0 Å². The number of benzene rings is 2. The van der Waals surface area contributed by atoms with Crippen LogP contribution in [0.1, 0.15) is 17.3 Å². The number of nitrogens with zero attached hydrogens (tertiary/aromatic N) is 2. The first kappa shape index (κ1) is 17.2. The van der Waals surface area contributed by atoms with Gasteiger partial charge in [-0.25, -0.2) is 4.98 Å². The molecule has 0 unspecified atom stereocenters. The van der Waals surface area contributed by atoms with Crippen LogP contribution in [0.15, 0.2) is 54.7 Å². The lowest BCUT2D eigenvalue weighted by Crippen LogP contribution is -2.01. The monoisotopic (exact) mass is 372 g/mol. The number of carbonyl (C=O) groups is 1. The van der Waals surface area contributed by atoms with Crippen molar-refractivity contribution in [1.82, 2.24) is 9.97 Å². The topological polar surface area (TPSA) is 66.9 Å². The Labute approximate surface area is 155 Å². The summed E-state index contributed by atoms with van der Waals surface area (Å²) in [5, 5.41) is 7.26. The molecule has 0 fully saturated rings. The van der Waals surface area contributed by atoms with Gasteiger partial charge >= 0.3 is 0 Å². The van der Waals surface area contributed by atoms with Gasteiger partial charge in [0.1, 0.15) is 5.82 Å². The molecule has 7 heteroatoms. The normalized spacial score (nSPS) is 10.4. The summed E-state index contributed by atoms with van der Waals surface area (Å²) < 4.78 is 0. The third-order valence-corrected chi connectivity index (χ3v) is 3.92. The van der Waals surface area contributed by atoms with Crippen molar-refractivity contribution in [1.29, 1.82) is 0 Å². The van der Waals surface area contributed by atoms with Crippen LogP contribution in [0.3, 0.4) is 0 Å². The first-order valence-electron chi connectivity index (χ1n) is 7.44. The van der Waals surface area contributed by atoms with Gasteiger partial charge in [-0.05, 0) is 43.3 Å². The van der Waals surface area contributed by atoms with E-state index in [-0.39, 0.29) is 5.78 Å². The quantitative estimate of drug-likeness (QED) is 0.580. The molecular formula is C18H14Cl2N4O. The Kier molecular flexibility index (Phi) is 5.16. The number of hydrogen-bond donors (Lipinski definition) is 2. The lowest BCUT2D eigenvalue weighted by atomic mass is 10.1. The zero-order valence-corrected chi connectivity index (χ0v) is 14.8. The highest BCUT2D eigenvalue weighted by molar-refractivity contribution is 6.36. The Morgan fingerprint density at radius 1 is 1.04 bits per heavy atom. The van der Waals surface area contributed by atoms with Crippen LogP contribution in [0.25, 0.3) is 0 Å². The molecule has 1 aromatic heterocycles. The zero-order valence-electron chi connectivity index (χ0n) is 13.3. The van der Waals surface area contributed by atoms with Crippen molar-refractivity contribution in [2.75, 3.05) is 10.6 Å². The van der Waals surface area contributed by atoms with Gasteiger partial charge in [-0.3, -0.25) is 4.79 Å². The molecule has 0 radical (unpaired) electrons. The molecule has 0 aliphatic rings. The molecule has 0 amide bonds. The van der Waals surface area contributed by atoms with E-state index in [2.05, 4.69) is 20.6 Å². The fourth-order valence-corrected chi connectivity index (χ4v) is 2.62. The van der Waals surface area contributed by atoms with E-state index in [1.165, 1.54) is 6.92 Å². The molecule has 0 spiro atoms. The number of rotatable bonds is 5. The zero-order chi connectivity index (χ0) is 17.8. The minimum absolute atomic E-state index is 0.00244. The van der Waals surface area contributed by atoms with Crippen LogP contribution in [0.4, 0.5) is 23.1 Å². The second kappa shape index (κ2) is 7.51. The number of aromatic nitrogens is 2. The van der Waals surface area contributed by atoms with Crippen LogP contribution in [0.5, 0.6) is 0 Å². The van der Waals surface area contributed by atoms with Crippen molar-refractivity contribution >= 4 is 52.1 Å². The number of halogens is 2. The number of hydrogen-bond acceptors (Lipinski definition) is 5. The summed E-state index contributed by atoms with van der Waals surface area (Å²) in [6.45, 7) is 1.52. The third-order valence-electron chi connectivity index (χ3n) is 3.37. The molecule has 0 aliphatic heterocycles. The minimum atomic E-state index is -0.00244. The van der Waals surface area contributed by atoms with Crippen LogP contribution in [0.2, 0.25) is 10.0 Å². The van der Waals surface area contributed by atoms with Crippen LogP contribution in [0, 0.1) is 0 Å². The summed E-state index contributed by atoms with van der Waals surface area (Å²) in [4.78, 5) is 20.0. The van der Waals surface area contributed by atoms with E-state index in [9.17, 15) is 4.79 Å². The predicted octanol–water partition coefficient (Wildman–Crippen LogP) is 5.47. The third kappa shape index (κ3) is 4.47. The molecular weight excluding hydrogens is 359 g/mol. The molecule has 25 heavy (non-hydrogen) atoms. The predicted molar refractivity (Wildman–Crippen MR) is 102 cm³/mol. The molecule has 3 rings (SSSR count). The molecule has 0 aliphatic carbocycles. The van der Waals surface area contributed by atoms with Crippen LogP contribution < -0.4 is 10.6 Å². The fourth-order valence-electron chi connectivity index (χ4n) is 2.16. The van der Waals surface area contributed by atoms with E-state index in [1.54, 1.807) is 48.7 Å². The summed E-state index contributed by atoms with van der Waals surface area (Å²) in [5.74, 6) is 0.970. The highest BCUT2D eigenvalue weighted by atomic mass is 35.5. The molecule has 0 saturated carbocycles. The molecule has 0 atom stereocenters. The molecule has 3 aromatic rings. The van der Waals surface area contributed by atoms with Gasteiger partial charge in [0.15, 0.2) is 5.78 Å². The van der Waals surface area contributed by atoms with Crippen molar-refractivity contribution < 1.29 is 4.79 Å². The number of Topliss-reactive ketones (excluding diaryl/α,β-unsaturated/α-hetero) is 1. The van der Waals surface area contributed by atoms with E-state index < -0.39 is 0 Å². The second-order valence-corrected chi connectivity index (χ2v) is 6.12. The average Bonchev–Trinajstić information content (AvgIpc) is 2.58. The smallest absolute Gasteiger partial charge is 0.229 e. The first-order chi connectivity index (χ1) is 12.0. The van der Waals surface area contributed by atoms with Crippen molar-refractivity contribution in [2.45, 2.75) is 6.92 Å². The number of ketones is 1. The SMILES string of the molecule is CC(=O)c1cccc(Nc2nccc(Nc3ccc(Cl)cc3Cl)n2)c1. The Morgan fingerprint density at radius 2 is 1.88 bits per heavy atom. The van der Waals surface area contributed by atoms with E-state index in [0.717, 1.165) is 5.69 Å². The van der Waals surface area contributed by atoms with Crippen molar-refractivity contribution in [3.63, 3.8) is 0 Å². The van der Waals surface area contributed by atoms with Gasteiger partial charge in [0.25, 0.3) is 0 Å². The molecule has 0 saturated heterocycles. The Balaban J connectivity index is 1.79. The van der Waals surface area contributed by atoms with Crippen LogP contribution in [-0.2, 0) is 0 Å². The number of nitrogens with one attached hydrogen (secondary N) is 2. The lowest BCUT2D eigenvalue weighted by molar-refractivity contribution is 0.101. The fraction of sp³-hybridized carbons (Fsp3) is 0.0556. The van der Waals surface area contributed by atoms with E-state index in [0.29, 0.717) is 33.1 Å². The Morgan fingerprint density at radius 3 is 2.64 bits per heavy atom. The Bertz CT molecular complexity index is 930. The maximum absolute atomic E-state index is 11.5. The first-order valence-corrected chi connectivity index (χ1v) is 8.20. The largest absolute Gasteiger partial charge is 0.339 e. The van der Waals surface area contributed by atoms with Gasteiger partial charge in [0.2, 0.25) is 5.95 Å². The molecule has 2 aromatic carbocycles. The van der Waals surface area contributed by atoms with Gasteiger partial charge in [-0.1, -0.05) is 35.3 Å². The highest BCUT2D eigenvalue weighted by Gasteiger charge is 2.06. The molecule has 1 heterocycles. The van der Waals surface area contributed by atoms with Gasteiger partial charge in [0.05, 0.1) is 10.7 Å². The van der Waals surface area contributed by atoms with Crippen molar-refractivity contribution in [2.24, 2.45) is 0 Å². The van der Waals surface area contributed by atoms with Gasteiger partial charge in [0, 0.05) is 22.5 Å².